The smallest absolute Gasteiger partial charge is 0.259 e. The highest BCUT2D eigenvalue weighted by Crippen LogP contribution is 2.52. The fraction of sp³-hybridized carbons (Fsp3) is 0.273. The maximum Gasteiger partial charge on any atom is 0.259 e. The van der Waals surface area contributed by atoms with Crippen LogP contribution in [0, 0.1) is 5.41 Å². The maximum atomic E-state index is 13.7. The lowest BCUT2D eigenvalue weighted by Gasteiger charge is -2.38. The van der Waals surface area contributed by atoms with Gasteiger partial charge in [-0.15, -0.1) is 0 Å². The van der Waals surface area contributed by atoms with Crippen LogP contribution in [0.3, 0.4) is 0 Å². The third-order valence-electron chi connectivity index (χ3n) is 6.03. The Morgan fingerprint density at radius 3 is 2.50 bits per heavy atom. The van der Waals surface area contributed by atoms with Gasteiger partial charge in [0.2, 0.25) is 0 Å². The van der Waals surface area contributed by atoms with Crippen LogP contribution < -0.4 is 16.0 Å². The number of nitrogens with one attached hydrogen (secondary N) is 3. The van der Waals surface area contributed by atoms with Gasteiger partial charge in [-0.2, -0.15) is 0 Å². The van der Waals surface area contributed by atoms with Crippen LogP contribution in [0.25, 0.3) is 0 Å². The van der Waals surface area contributed by atoms with Crippen molar-refractivity contribution in [1.29, 1.82) is 0 Å². The zero-order chi connectivity index (χ0) is 19.7. The lowest BCUT2D eigenvalue weighted by molar-refractivity contribution is -0.127. The Kier molecular flexibility index (Phi) is 3.56. The van der Waals surface area contributed by atoms with E-state index in [9.17, 15) is 9.59 Å². The van der Waals surface area contributed by atoms with Crippen molar-refractivity contribution >= 4 is 44.7 Å². The van der Waals surface area contributed by atoms with Gasteiger partial charge in [0.15, 0.2) is 11.3 Å². The molecule has 0 saturated carbocycles. The van der Waals surface area contributed by atoms with Crippen molar-refractivity contribution in [3.05, 3.63) is 63.8 Å². The third-order valence-corrected chi connectivity index (χ3v) is 6.52. The Hall–Kier alpha value is -2.60. The average molecular weight is 438 g/mol. The van der Waals surface area contributed by atoms with Gasteiger partial charge >= 0.3 is 0 Å². The topological polar surface area (TPSA) is 70.2 Å². The summed E-state index contributed by atoms with van der Waals surface area (Å²) in [6, 6.07) is 13.4. The quantitative estimate of drug-likeness (QED) is 0.554. The summed E-state index contributed by atoms with van der Waals surface area (Å²) in [4.78, 5) is 27.1. The maximum absolute atomic E-state index is 13.7. The van der Waals surface area contributed by atoms with E-state index in [1.165, 1.54) is 0 Å². The van der Waals surface area contributed by atoms with Crippen LogP contribution in [0.4, 0.5) is 17.1 Å². The number of ketones is 1. The number of allylic oxidation sites excluding steroid dienone is 1. The minimum atomic E-state index is -1.26. The monoisotopic (exact) mass is 437 g/mol. The minimum Gasteiger partial charge on any atom is -0.362 e. The molecule has 0 radical (unpaired) electrons. The van der Waals surface area contributed by atoms with Gasteiger partial charge in [-0.1, -0.05) is 41.9 Å². The zero-order valence-corrected chi connectivity index (χ0v) is 17.2. The molecule has 2 heterocycles. The molecule has 0 fully saturated rings. The lowest BCUT2D eigenvalue weighted by Crippen LogP contribution is -2.50. The molecular weight excluding hydrogens is 418 g/mol. The predicted octanol–water partition coefficient (Wildman–Crippen LogP) is 4.78. The van der Waals surface area contributed by atoms with Gasteiger partial charge in [0.05, 0.1) is 16.9 Å². The normalized spacial score (nSPS) is 24.5. The first-order chi connectivity index (χ1) is 13.3. The Morgan fingerprint density at radius 1 is 0.964 bits per heavy atom. The molecular formula is C22H20BrN3O2. The Bertz CT molecular complexity index is 1090. The zero-order valence-electron chi connectivity index (χ0n) is 15.7. The highest BCUT2D eigenvalue weighted by molar-refractivity contribution is 9.10. The van der Waals surface area contributed by atoms with E-state index in [-0.39, 0.29) is 11.7 Å². The molecule has 5 rings (SSSR count). The van der Waals surface area contributed by atoms with Gasteiger partial charge in [0.25, 0.3) is 5.91 Å². The standard InChI is InChI=1S/C22H20BrN3O2/c1-21(2)10-9-17-18(19(21)27)22(26-16-6-4-3-5-15(16)24-17)13-11-12(23)7-8-14(13)25-20(22)28/h3-8,11,24,26H,9-10H2,1-2H3,(H,25,28). The van der Waals surface area contributed by atoms with Crippen molar-refractivity contribution in [2.75, 3.05) is 16.0 Å². The summed E-state index contributed by atoms with van der Waals surface area (Å²) >= 11 is 3.53. The summed E-state index contributed by atoms with van der Waals surface area (Å²) in [7, 11) is 0. The second kappa shape index (κ2) is 5.70. The van der Waals surface area contributed by atoms with Crippen LogP contribution in [0.5, 0.6) is 0 Å². The van der Waals surface area contributed by atoms with Crippen LogP contribution in [-0.2, 0) is 15.1 Å². The number of fused-ring (bicyclic) bond motifs is 4. The van der Waals surface area contributed by atoms with E-state index in [1.807, 2.05) is 56.3 Å². The fourth-order valence-corrected chi connectivity index (χ4v) is 4.81. The van der Waals surface area contributed by atoms with Crippen molar-refractivity contribution in [1.82, 2.24) is 0 Å². The SMILES string of the molecule is CC1(C)CCC2=C(C1=O)C1(Nc3ccccc3N2)C(=O)Nc2ccc(Br)cc21. The van der Waals surface area contributed by atoms with E-state index in [1.54, 1.807) is 0 Å². The van der Waals surface area contributed by atoms with Crippen LogP contribution in [-0.4, -0.2) is 11.7 Å². The highest BCUT2D eigenvalue weighted by Gasteiger charge is 2.57. The molecule has 1 spiro atoms. The lowest BCUT2D eigenvalue weighted by atomic mass is 9.67. The molecule has 1 amide bonds. The van der Waals surface area contributed by atoms with Gasteiger partial charge in [-0.3, -0.25) is 9.59 Å². The number of carbonyl (C=O) groups excluding carboxylic acids is 2. The molecule has 3 N–H and O–H groups in total. The van der Waals surface area contributed by atoms with Crippen molar-refractivity contribution < 1.29 is 9.59 Å². The minimum absolute atomic E-state index is 0.00420. The molecule has 1 aliphatic carbocycles. The van der Waals surface area contributed by atoms with Crippen LogP contribution in [0.2, 0.25) is 0 Å². The molecule has 0 bridgehead atoms. The molecule has 6 heteroatoms. The van der Waals surface area contributed by atoms with Gasteiger partial charge in [-0.25, -0.2) is 0 Å². The van der Waals surface area contributed by atoms with Crippen molar-refractivity contribution in [3.8, 4) is 0 Å². The first kappa shape index (κ1) is 17.5. The van der Waals surface area contributed by atoms with Crippen LogP contribution in [0.15, 0.2) is 58.2 Å². The summed E-state index contributed by atoms with van der Waals surface area (Å²) < 4.78 is 0.860. The van der Waals surface area contributed by atoms with Crippen molar-refractivity contribution in [2.45, 2.75) is 32.2 Å². The Balaban J connectivity index is 1.86. The number of rotatable bonds is 0. The molecule has 3 aliphatic rings. The summed E-state index contributed by atoms with van der Waals surface area (Å²) in [5, 5.41) is 9.90. The van der Waals surface area contributed by atoms with Crippen molar-refractivity contribution in [2.24, 2.45) is 5.41 Å². The van der Waals surface area contributed by atoms with E-state index in [2.05, 4.69) is 31.9 Å². The van der Waals surface area contributed by atoms with Gasteiger partial charge < -0.3 is 16.0 Å². The molecule has 2 aromatic rings. The van der Waals surface area contributed by atoms with E-state index in [0.717, 1.165) is 39.2 Å². The van der Waals surface area contributed by atoms with Gasteiger partial charge in [0, 0.05) is 26.8 Å². The molecule has 5 nitrogen and oxygen atoms in total. The molecule has 142 valence electrons. The Labute approximate surface area is 171 Å². The summed E-state index contributed by atoms with van der Waals surface area (Å²) in [5.41, 5.74) is 2.72. The average Bonchev–Trinajstić information content (AvgIpc) is 2.83. The molecule has 28 heavy (non-hydrogen) atoms. The van der Waals surface area contributed by atoms with Crippen LogP contribution >= 0.6 is 15.9 Å². The third kappa shape index (κ3) is 2.24. The molecule has 2 aromatic carbocycles. The van der Waals surface area contributed by atoms with E-state index >= 15 is 0 Å². The second-order valence-electron chi connectivity index (χ2n) is 8.26. The summed E-state index contributed by atoms with van der Waals surface area (Å²) in [6.07, 6.45) is 1.45. The van der Waals surface area contributed by atoms with E-state index in [4.69, 9.17) is 0 Å². The van der Waals surface area contributed by atoms with Gasteiger partial charge in [-0.05, 0) is 43.2 Å². The van der Waals surface area contributed by atoms with Crippen LogP contribution in [0.1, 0.15) is 32.3 Å². The first-order valence-corrected chi connectivity index (χ1v) is 10.2. The van der Waals surface area contributed by atoms with Crippen molar-refractivity contribution in [3.63, 3.8) is 0 Å². The molecule has 1 atom stereocenters. The number of benzene rings is 2. The largest absolute Gasteiger partial charge is 0.362 e. The fourth-order valence-electron chi connectivity index (χ4n) is 4.45. The highest BCUT2D eigenvalue weighted by atomic mass is 79.9. The summed E-state index contributed by atoms with van der Waals surface area (Å²) in [6.45, 7) is 3.92. The molecule has 0 aromatic heterocycles. The number of halogens is 1. The second-order valence-corrected chi connectivity index (χ2v) is 9.17. The number of anilines is 3. The van der Waals surface area contributed by atoms with E-state index in [0.29, 0.717) is 12.0 Å². The number of Topliss-reactive ketones (excluding diaryl/α,β-unsaturated/α-hetero) is 1. The number of hydrogen-bond donors (Lipinski definition) is 3. The summed E-state index contributed by atoms with van der Waals surface area (Å²) in [5.74, 6) is -0.220. The van der Waals surface area contributed by atoms with Gasteiger partial charge in [0.1, 0.15) is 0 Å². The predicted molar refractivity (Wildman–Crippen MR) is 113 cm³/mol. The molecule has 1 unspecified atom stereocenters. The number of carbonyl (C=O) groups is 2. The van der Waals surface area contributed by atoms with E-state index < -0.39 is 11.0 Å². The number of hydrogen-bond acceptors (Lipinski definition) is 4. The Morgan fingerprint density at radius 2 is 1.71 bits per heavy atom. The first-order valence-electron chi connectivity index (χ1n) is 9.37. The molecule has 2 aliphatic heterocycles. The molecule has 0 saturated heterocycles. The number of amides is 1. The number of para-hydroxylation sites is 2.